The Bertz CT molecular complexity index is 477. The summed E-state index contributed by atoms with van der Waals surface area (Å²) in [4.78, 5) is 4.32. The maximum atomic E-state index is 5.27. The maximum absolute atomic E-state index is 5.27. The first-order valence-corrected chi connectivity index (χ1v) is 6.10. The van der Waals surface area contributed by atoms with Crippen LogP contribution in [0.5, 0.6) is 5.75 Å². The Balaban J connectivity index is 0.000000606. The van der Waals surface area contributed by atoms with Gasteiger partial charge in [0.1, 0.15) is 11.3 Å². The molecule has 2 rings (SSSR count). The zero-order valence-corrected chi connectivity index (χ0v) is 11.6. The molecule has 86 valence electrons. The van der Waals surface area contributed by atoms with E-state index in [1.54, 1.807) is 13.3 Å². The lowest BCUT2D eigenvalue weighted by molar-refractivity contribution is 0.418. The molecule has 3 heteroatoms. The number of fused-ring (bicyclic) bond motifs is 1. The molecule has 0 amide bonds. The minimum Gasteiger partial charge on any atom is -0.494 e. The van der Waals surface area contributed by atoms with Crippen LogP contribution in [0.4, 0.5) is 0 Å². The fourth-order valence-corrected chi connectivity index (χ4v) is 1.84. The van der Waals surface area contributed by atoms with Gasteiger partial charge in [-0.2, -0.15) is 0 Å². The van der Waals surface area contributed by atoms with Gasteiger partial charge in [-0.3, -0.25) is 4.98 Å². The molecule has 2 nitrogen and oxygen atoms in total. The van der Waals surface area contributed by atoms with Crippen molar-refractivity contribution in [3.63, 3.8) is 0 Å². The normalized spacial score (nSPS) is 9.56. The van der Waals surface area contributed by atoms with E-state index in [-0.39, 0.29) is 0 Å². The third-order valence-electron chi connectivity index (χ3n) is 2.08. The molecular weight excluding hydrogens is 266 g/mol. The Morgan fingerprint density at radius 1 is 1.19 bits per heavy atom. The van der Waals surface area contributed by atoms with Gasteiger partial charge in [-0.15, -0.1) is 0 Å². The highest BCUT2D eigenvalue weighted by Crippen LogP contribution is 2.27. The summed E-state index contributed by atoms with van der Waals surface area (Å²) >= 11 is 3.40. The highest BCUT2D eigenvalue weighted by molar-refractivity contribution is 9.10. The number of aryl methyl sites for hydroxylation is 1. The Labute approximate surface area is 105 Å². The van der Waals surface area contributed by atoms with E-state index in [1.165, 1.54) is 5.56 Å². The summed E-state index contributed by atoms with van der Waals surface area (Å²) in [6.45, 7) is 6.04. The van der Waals surface area contributed by atoms with E-state index in [0.717, 1.165) is 21.1 Å². The fraction of sp³-hybridized carbons (Fsp3) is 0.308. The predicted molar refractivity (Wildman–Crippen MR) is 72.1 cm³/mol. The molecule has 0 aliphatic rings. The molecule has 0 N–H and O–H groups in total. The first-order chi connectivity index (χ1) is 7.70. The molecule has 0 fully saturated rings. The first kappa shape index (κ1) is 13.0. The Morgan fingerprint density at radius 2 is 1.88 bits per heavy atom. The molecule has 0 aliphatic heterocycles. The number of ether oxygens (including phenoxy) is 1. The summed E-state index contributed by atoms with van der Waals surface area (Å²) in [6, 6.07) is 6.12. The number of halogens is 1. The van der Waals surface area contributed by atoms with Crippen LogP contribution in [0.25, 0.3) is 10.9 Å². The van der Waals surface area contributed by atoms with Crippen LogP contribution in [0.2, 0.25) is 0 Å². The molecule has 0 atom stereocenters. The van der Waals surface area contributed by atoms with Crippen LogP contribution in [0.15, 0.2) is 28.9 Å². The van der Waals surface area contributed by atoms with Crippen molar-refractivity contribution in [2.45, 2.75) is 20.8 Å². The number of pyridine rings is 1. The van der Waals surface area contributed by atoms with Gasteiger partial charge in [0, 0.05) is 16.1 Å². The molecule has 0 unspecified atom stereocenters. The van der Waals surface area contributed by atoms with Gasteiger partial charge in [-0.05, 0) is 46.6 Å². The predicted octanol–water partition coefficient (Wildman–Crippen LogP) is 4.34. The van der Waals surface area contributed by atoms with Gasteiger partial charge in [0.15, 0.2) is 0 Å². The minimum atomic E-state index is 0.826. The zero-order valence-electron chi connectivity index (χ0n) is 10.0. The molecule has 0 spiro atoms. The average molecular weight is 282 g/mol. The molecule has 1 aromatic carbocycles. The SMILES string of the molecule is CC.COc1cc(C)cc2cc(Br)cnc12. The monoisotopic (exact) mass is 281 g/mol. The minimum absolute atomic E-state index is 0.826. The van der Waals surface area contributed by atoms with Gasteiger partial charge in [-0.1, -0.05) is 13.8 Å². The summed E-state index contributed by atoms with van der Waals surface area (Å²) in [5.74, 6) is 0.826. The van der Waals surface area contributed by atoms with E-state index in [0.29, 0.717) is 0 Å². The van der Waals surface area contributed by atoms with Crippen LogP contribution in [0.3, 0.4) is 0 Å². The van der Waals surface area contributed by atoms with Crippen LogP contribution >= 0.6 is 15.9 Å². The van der Waals surface area contributed by atoms with Crippen molar-refractivity contribution in [3.8, 4) is 5.75 Å². The van der Waals surface area contributed by atoms with Crippen molar-refractivity contribution < 1.29 is 4.74 Å². The Morgan fingerprint density at radius 3 is 2.50 bits per heavy atom. The summed E-state index contributed by atoms with van der Waals surface area (Å²) < 4.78 is 6.25. The van der Waals surface area contributed by atoms with Crippen LogP contribution in [0, 0.1) is 6.92 Å². The topological polar surface area (TPSA) is 22.1 Å². The molecular formula is C13H16BrNO. The van der Waals surface area contributed by atoms with Gasteiger partial charge in [0.2, 0.25) is 0 Å². The van der Waals surface area contributed by atoms with E-state index in [9.17, 15) is 0 Å². The van der Waals surface area contributed by atoms with Crippen molar-refractivity contribution >= 4 is 26.8 Å². The van der Waals surface area contributed by atoms with Crippen molar-refractivity contribution in [1.29, 1.82) is 0 Å². The summed E-state index contributed by atoms with van der Waals surface area (Å²) in [5, 5.41) is 1.09. The number of hydrogen-bond donors (Lipinski definition) is 0. The molecule has 16 heavy (non-hydrogen) atoms. The van der Waals surface area contributed by atoms with Crippen molar-refractivity contribution in [2.75, 3.05) is 7.11 Å². The first-order valence-electron chi connectivity index (χ1n) is 5.30. The highest BCUT2D eigenvalue weighted by atomic mass is 79.9. The van der Waals surface area contributed by atoms with Gasteiger partial charge >= 0.3 is 0 Å². The lowest BCUT2D eigenvalue weighted by atomic mass is 10.1. The maximum Gasteiger partial charge on any atom is 0.145 e. The van der Waals surface area contributed by atoms with E-state index >= 15 is 0 Å². The number of benzene rings is 1. The highest BCUT2D eigenvalue weighted by Gasteiger charge is 2.04. The molecule has 0 saturated carbocycles. The number of hydrogen-bond acceptors (Lipinski definition) is 2. The molecule has 2 aromatic rings. The largest absolute Gasteiger partial charge is 0.494 e. The van der Waals surface area contributed by atoms with Crippen LogP contribution in [-0.2, 0) is 0 Å². The Hall–Kier alpha value is -1.09. The van der Waals surface area contributed by atoms with Gasteiger partial charge in [0.25, 0.3) is 0 Å². The molecule has 0 aliphatic carbocycles. The van der Waals surface area contributed by atoms with Crippen LogP contribution < -0.4 is 4.74 Å². The molecule has 1 heterocycles. The fourth-order valence-electron chi connectivity index (χ4n) is 1.49. The number of nitrogens with zero attached hydrogens (tertiary/aromatic N) is 1. The van der Waals surface area contributed by atoms with Crippen molar-refractivity contribution in [2.24, 2.45) is 0 Å². The molecule has 0 radical (unpaired) electrons. The standard InChI is InChI=1S/C11H10BrNO.C2H6/c1-7-3-8-5-9(12)6-13-11(8)10(4-7)14-2;1-2/h3-6H,1-2H3;1-2H3. The number of aromatic nitrogens is 1. The van der Waals surface area contributed by atoms with Crippen LogP contribution in [-0.4, -0.2) is 12.1 Å². The third-order valence-corrected chi connectivity index (χ3v) is 2.51. The van der Waals surface area contributed by atoms with E-state index < -0.39 is 0 Å². The van der Waals surface area contributed by atoms with Gasteiger partial charge < -0.3 is 4.74 Å². The quantitative estimate of drug-likeness (QED) is 0.776. The summed E-state index contributed by atoms with van der Waals surface area (Å²) in [6.07, 6.45) is 1.78. The third kappa shape index (κ3) is 2.73. The van der Waals surface area contributed by atoms with Crippen LogP contribution in [0.1, 0.15) is 19.4 Å². The second kappa shape index (κ2) is 5.85. The lowest BCUT2D eigenvalue weighted by Crippen LogP contribution is -1.88. The van der Waals surface area contributed by atoms with Crippen molar-refractivity contribution in [1.82, 2.24) is 4.98 Å². The summed E-state index contributed by atoms with van der Waals surface area (Å²) in [7, 11) is 1.66. The average Bonchev–Trinajstić information content (AvgIpc) is 2.30. The smallest absolute Gasteiger partial charge is 0.145 e. The second-order valence-corrected chi connectivity index (χ2v) is 4.11. The van der Waals surface area contributed by atoms with Crippen molar-refractivity contribution in [3.05, 3.63) is 34.4 Å². The molecule has 1 aromatic heterocycles. The van der Waals surface area contributed by atoms with Gasteiger partial charge in [-0.25, -0.2) is 0 Å². The lowest BCUT2D eigenvalue weighted by Gasteiger charge is -2.06. The van der Waals surface area contributed by atoms with E-state index in [2.05, 4.69) is 27.0 Å². The zero-order chi connectivity index (χ0) is 12.1. The number of methoxy groups -OCH3 is 1. The Kier molecular flexibility index (Phi) is 4.74. The van der Waals surface area contributed by atoms with E-state index in [1.807, 2.05) is 32.9 Å². The molecule has 0 saturated heterocycles. The number of rotatable bonds is 1. The second-order valence-electron chi connectivity index (χ2n) is 3.19. The van der Waals surface area contributed by atoms with Gasteiger partial charge in [0.05, 0.1) is 7.11 Å². The summed E-state index contributed by atoms with van der Waals surface area (Å²) in [5.41, 5.74) is 2.08. The van der Waals surface area contributed by atoms with E-state index in [4.69, 9.17) is 4.74 Å². The molecule has 0 bridgehead atoms.